The minimum absolute atomic E-state index is 0.0165. The maximum atomic E-state index is 14.4. The number of ether oxygens (including phenoxy) is 1. The van der Waals surface area contributed by atoms with E-state index in [9.17, 15) is 14.0 Å². The standard InChI is InChI=1S/C28H35FN4O3/c1-8-33(17(2)3)26(34)23-13-20(29)9-10-21(23)22-11-18(12-25-24(22)14-30-31(25)7)19-15-32(16-19)27(35)36-28(4,5)6/h9-14,17,19H,8,15-16H2,1-7H3. The zero-order valence-electron chi connectivity index (χ0n) is 22.1. The Balaban J connectivity index is 1.75. The third kappa shape index (κ3) is 4.94. The van der Waals surface area contributed by atoms with Crippen molar-refractivity contribution in [1.82, 2.24) is 19.6 Å². The fourth-order valence-corrected chi connectivity index (χ4v) is 4.72. The monoisotopic (exact) mass is 494 g/mol. The van der Waals surface area contributed by atoms with Crippen molar-refractivity contribution in [3.8, 4) is 11.1 Å². The quantitative estimate of drug-likeness (QED) is 0.464. The van der Waals surface area contributed by atoms with E-state index < -0.39 is 11.4 Å². The molecule has 8 heteroatoms. The van der Waals surface area contributed by atoms with Crippen molar-refractivity contribution in [2.45, 2.75) is 59.1 Å². The summed E-state index contributed by atoms with van der Waals surface area (Å²) in [6.07, 6.45) is 1.46. The molecule has 0 bridgehead atoms. The molecule has 2 heterocycles. The number of fused-ring (bicyclic) bond motifs is 1. The molecule has 0 saturated carbocycles. The minimum Gasteiger partial charge on any atom is -0.444 e. The fraction of sp³-hybridized carbons (Fsp3) is 0.464. The van der Waals surface area contributed by atoms with Crippen LogP contribution in [0.15, 0.2) is 36.5 Å². The third-order valence-corrected chi connectivity index (χ3v) is 6.62. The second kappa shape index (κ2) is 9.56. The first-order chi connectivity index (χ1) is 16.9. The molecule has 0 atom stereocenters. The van der Waals surface area contributed by atoms with Crippen LogP contribution in [0.4, 0.5) is 9.18 Å². The van der Waals surface area contributed by atoms with Gasteiger partial charge in [0.25, 0.3) is 5.91 Å². The molecule has 0 radical (unpaired) electrons. The van der Waals surface area contributed by atoms with Gasteiger partial charge in [0.05, 0.1) is 17.3 Å². The first-order valence-electron chi connectivity index (χ1n) is 12.4. The molecule has 0 spiro atoms. The summed E-state index contributed by atoms with van der Waals surface area (Å²) in [5, 5.41) is 5.33. The molecular weight excluding hydrogens is 459 g/mol. The Labute approximate surface area is 211 Å². The van der Waals surface area contributed by atoms with E-state index in [0.29, 0.717) is 30.8 Å². The Hall–Kier alpha value is -3.42. The number of nitrogens with zero attached hydrogens (tertiary/aromatic N) is 4. The van der Waals surface area contributed by atoms with Crippen molar-refractivity contribution in [2.24, 2.45) is 7.05 Å². The highest BCUT2D eigenvalue weighted by Crippen LogP contribution is 2.38. The first-order valence-corrected chi connectivity index (χ1v) is 12.4. The van der Waals surface area contributed by atoms with Gasteiger partial charge in [0.15, 0.2) is 0 Å². The van der Waals surface area contributed by atoms with Gasteiger partial charge in [-0.15, -0.1) is 0 Å². The van der Waals surface area contributed by atoms with Gasteiger partial charge in [0, 0.05) is 44.0 Å². The van der Waals surface area contributed by atoms with Crippen molar-refractivity contribution in [1.29, 1.82) is 0 Å². The molecule has 0 unspecified atom stereocenters. The Morgan fingerprint density at radius 2 is 1.86 bits per heavy atom. The number of aromatic nitrogens is 2. The highest BCUT2D eigenvalue weighted by atomic mass is 19.1. The van der Waals surface area contributed by atoms with Gasteiger partial charge in [0.1, 0.15) is 11.4 Å². The molecule has 3 aromatic rings. The van der Waals surface area contributed by atoms with Gasteiger partial charge >= 0.3 is 6.09 Å². The number of rotatable bonds is 5. The number of hydrogen-bond donors (Lipinski definition) is 0. The molecule has 1 saturated heterocycles. The minimum atomic E-state index is -0.545. The van der Waals surface area contributed by atoms with Crippen LogP contribution in [0.2, 0.25) is 0 Å². The zero-order chi connectivity index (χ0) is 26.4. The van der Waals surface area contributed by atoms with Crippen LogP contribution in [0.25, 0.3) is 22.0 Å². The molecule has 2 amide bonds. The Morgan fingerprint density at radius 3 is 2.47 bits per heavy atom. The van der Waals surface area contributed by atoms with Crippen molar-refractivity contribution >= 4 is 22.9 Å². The Morgan fingerprint density at radius 1 is 1.17 bits per heavy atom. The molecular formula is C28H35FN4O3. The van der Waals surface area contributed by atoms with E-state index in [1.807, 2.05) is 48.6 Å². The molecule has 1 fully saturated rings. The van der Waals surface area contributed by atoms with Gasteiger partial charge in [-0.05, 0) is 82.5 Å². The Bertz CT molecular complexity index is 1300. The normalized spacial score (nSPS) is 14.3. The summed E-state index contributed by atoms with van der Waals surface area (Å²) < 4.78 is 21.7. The summed E-state index contributed by atoms with van der Waals surface area (Å²) in [5.74, 6) is -0.533. The highest BCUT2D eigenvalue weighted by Gasteiger charge is 2.35. The lowest BCUT2D eigenvalue weighted by Gasteiger charge is -2.40. The second-order valence-corrected chi connectivity index (χ2v) is 10.7. The first kappa shape index (κ1) is 25.7. The molecule has 0 N–H and O–H groups in total. The van der Waals surface area contributed by atoms with Crippen LogP contribution in [-0.4, -0.2) is 62.9 Å². The predicted molar refractivity (Wildman–Crippen MR) is 139 cm³/mol. The summed E-state index contributed by atoms with van der Waals surface area (Å²) in [4.78, 5) is 29.4. The number of carbonyl (C=O) groups excluding carboxylic acids is 2. The number of amides is 2. The molecule has 7 nitrogen and oxygen atoms in total. The average Bonchev–Trinajstić information content (AvgIpc) is 3.12. The molecule has 1 aromatic heterocycles. The topological polar surface area (TPSA) is 67.7 Å². The van der Waals surface area contributed by atoms with E-state index in [1.165, 1.54) is 12.1 Å². The van der Waals surface area contributed by atoms with E-state index in [0.717, 1.165) is 22.0 Å². The molecule has 36 heavy (non-hydrogen) atoms. The second-order valence-electron chi connectivity index (χ2n) is 10.7. The lowest BCUT2D eigenvalue weighted by molar-refractivity contribution is 0.00819. The van der Waals surface area contributed by atoms with Crippen molar-refractivity contribution in [3.63, 3.8) is 0 Å². The molecule has 4 rings (SSSR count). The van der Waals surface area contributed by atoms with Gasteiger partial charge in [-0.3, -0.25) is 9.48 Å². The van der Waals surface area contributed by atoms with Crippen LogP contribution >= 0.6 is 0 Å². The number of likely N-dealkylation sites (tertiary alicyclic amines) is 1. The van der Waals surface area contributed by atoms with Gasteiger partial charge < -0.3 is 14.5 Å². The largest absolute Gasteiger partial charge is 0.444 e. The van der Waals surface area contributed by atoms with Crippen LogP contribution in [0.5, 0.6) is 0 Å². The number of hydrogen-bond acceptors (Lipinski definition) is 4. The molecule has 2 aromatic carbocycles. The predicted octanol–water partition coefficient (Wildman–Crippen LogP) is 5.58. The number of carbonyl (C=O) groups is 2. The van der Waals surface area contributed by atoms with Crippen LogP contribution < -0.4 is 0 Å². The SMILES string of the molecule is CCN(C(=O)c1cc(F)ccc1-c1cc(C2CN(C(=O)OC(C)(C)C)C2)cc2c1cnn2C)C(C)C. The average molecular weight is 495 g/mol. The highest BCUT2D eigenvalue weighted by molar-refractivity contribution is 6.05. The van der Waals surface area contributed by atoms with Gasteiger partial charge in [0.2, 0.25) is 0 Å². The van der Waals surface area contributed by atoms with E-state index in [4.69, 9.17) is 4.74 Å². The molecule has 192 valence electrons. The van der Waals surface area contributed by atoms with Crippen LogP contribution in [0.3, 0.4) is 0 Å². The van der Waals surface area contributed by atoms with E-state index in [2.05, 4.69) is 17.2 Å². The molecule has 1 aliphatic rings. The lowest BCUT2D eigenvalue weighted by atomic mass is 9.87. The van der Waals surface area contributed by atoms with Crippen molar-refractivity contribution < 1.29 is 18.7 Å². The summed E-state index contributed by atoms with van der Waals surface area (Å²) in [5.41, 5.74) is 3.24. The fourth-order valence-electron chi connectivity index (χ4n) is 4.72. The lowest BCUT2D eigenvalue weighted by Crippen LogP contribution is -2.50. The summed E-state index contributed by atoms with van der Waals surface area (Å²) in [6, 6.07) is 8.51. The molecule has 1 aliphatic heterocycles. The smallest absolute Gasteiger partial charge is 0.410 e. The Kier molecular flexibility index (Phi) is 6.82. The number of aryl methyl sites for hydroxylation is 1. The maximum Gasteiger partial charge on any atom is 0.410 e. The number of halogens is 1. The molecule has 0 aliphatic carbocycles. The third-order valence-electron chi connectivity index (χ3n) is 6.62. The maximum absolute atomic E-state index is 14.4. The number of benzene rings is 2. The van der Waals surface area contributed by atoms with Crippen molar-refractivity contribution in [3.05, 3.63) is 53.5 Å². The zero-order valence-corrected chi connectivity index (χ0v) is 22.1. The summed E-state index contributed by atoms with van der Waals surface area (Å²) in [6.45, 7) is 13.0. The van der Waals surface area contributed by atoms with Gasteiger partial charge in [-0.1, -0.05) is 6.07 Å². The summed E-state index contributed by atoms with van der Waals surface area (Å²) in [7, 11) is 1.87. The van der Waals surface area contributed by atoms with Crippen LogP contribution in [-0.2, 0) is 11.8 Å². The van der Waals surface area contributed by atoms with E-state index >= 15 is 0 Å². The van der Waals surface area contributed by atoms with Crippen molar-refractivity contribution in [2.75, 3.05) is 19.6 Å². The van der Waals surface area contributed by atoms with Crippen LogP contribution in [0, 0.1) is 5.82 Å². The van der Waals surface area contributed by atoms with Gasteiger partial charge in [-0.2, -0.15) is 5.10 Å². The van der Waals surface area contributed by atoms with Gasteiger partial charge in [-0.25, -0.2) is 9.18 Å². The van der Waals surface area contributed by atoms with Crippen LogP contribution in [0.1, 0.15) is 63.4 Å². The van der Waals surface area contributed by atoms with E-state index in [-0.39, 0.29) is 24.0 Å². The summed E-state index contributed by atoms with van der Waals surface area (Å²) >= 11 is 0. The van der Waals surface area contributed by atoms with E-state index in [1.54, 1.807) is 26.7 Å².